The van der Waals surface area contributed by atoms with Crippen molar-refractivity contribution < 1.29 is 19.5 Å². The fraction of sp³-hybridized carbons (Fsp3) is 0.571. The van der Waals surface area contributed by atoms with E-state index in [1.165, 1.54) is 0 Å². The van der Waals surface area contributed by atoms with E-state index in [0.717, 1.165) is 18.4 Å². The maximum absolute atomic E-state index is 13.0. The maximum atomic E-state index is 13.0. The van der Waals surface area contributed by atoms with Crippen molar-refractivity contribution in [2.45, 2.75) is 52.1 Å². The molecule has 1 aromatic rings. The number of piperidine rings is 1. The van der Waals surface area contributed by atoms with Gasteiger partial charge in [-0.05, 0) is 36.7 Å². The third-order valence-corrected chi connectivity index (χ3v) is 5.11. The Morgan fingerprint density at radius 2 is 1.93 bits per heavy atom. The molecule has 0 radical (unpaired) electrons. The summed E-state index contributed by atoms with van der Waals surface area (Å²) >= 11 is 0. The van der Waals surface area contributed by atoms with E-state index in [0.29, 0.717) is 26.1 Å². The molecule has 0 bridgehead atoms. The van der Waals surface area contributed by atoms with Gasteiger partial charge in [0, 0.05) is 26.1 Å². The second kappa shape index (κ2) is 10.7. The molecule has 0 aromatic heterocycles. The van der Waals surface area contributed by atoms with Crippen LogP contribution in [-0.2, 0) is 16.1 Å². The second-order valence-electron chi connectivity index (χ2n) is 7.76. The molecule has 1 saturated heterocycles. The molecule has 7 heteroatoms. The van der Waals surface area contributed by atoms with Crippen LogP contribution in [0.2, 0.25) is 0 Å². The number of carboxylic acid groups (broad SMARTS) is 1. The molecule has 3 N–H and O–H groups in total. The summed E-state index contributed by atoms with van der Waals surface area (Å²) < 4.78 is 0. The predicted molar refractivity (Wildman–Crippen MR) is 107 cm³/mol. The molecule has 0 aliphatic carbocycles. The molecule has 7 nitrogen and oxygen atoms in total. The van der Waals surface area contributed by atoms with Gasteiger partial charge in [-0.15, -0.1) is 0 Å². The number of carboxylic acids is 1. The SMILES string of the molecule is CC(C)C(NC(=O)NCc1ccccc1)C(=O)N1CCCC(CCC(=O)O)C1. The molecule has 0 saturated carbocycles. The third-order valence-electron chi connectivity index (χ3n) is 5.11. The minimum Gasteiger partial charge on any atom is -0.481 e. The topological polar surface area (TPSA) is 98.7 Å². The van der Waals surface area contributed by atoms with E-state index in [-0.39, 0.29) is 30.2 Å². The zero-order valence-electron chi connectivity index (χ0n) is 16.7. The predicted octanol–water partition coefficient (Wildman–Crippen LogP) is 2.61. The quantitative estimate of drug-likeness (QED) is 0.636. The molecule has 2 atom stereocenters. The summed E-state index contributed by atoms with van der Waals surface area (Å²) in [5, 5.41) is 14.5. The van der Waals surface area contributed by atoms with Crippen LogP contribution in [0.15, 0.2) is 30.3 Å². The van der Waals surface area contributed by atoms with Crippen LogP contribution in [0.1, 0.15) is 45.1 Å². The Hall–Kier alpha value is -2.57. The van der Waals surface area contributed by atoms with Crippen LogP contribution in [0.5, 0.6) is 0 Å². The largest absolute Gasteiger partial charge is 0.481 e. The zero-order chi connectivity index (χ0) is 20.5. The highest BCUT2D eigenvalue weighted by Crippen LogP contribution is 2.22. The number of hydrogen-bond donors (Lipinski definition) is 3. The van der Waals surface area contributed by atoms with Crippen LogP contribution >= 0.6 is 0 Å². The molecular formula is C21H31N3O4. The fourth-order valence-corrected chi connectivity index (χ4v) is 3.51. The van der Waals surface area contributed by atoms with Gasteiger partial charge in [-0.1, -0.05) is 44.2 Å². The highest BCUT2D eigenvalue weighted by atomic mass is 16.4. The van der Waals surface area contributed by atoms with E-state index in [4.69, 9.17) is 5.11 Å². The van der Waals surface area contributed by atoms with Crippen molar-refractivity contribution in [3.63, 3.8) is 0 Å². The van der Waals surface area contributed by atoms with E-state index in [1.54, 1.807) is 4.90 Å². The lowest BCUT2D eigenvalue weighted by Gasteiger charge is -2.36. The van der Waals surface area contributed by atoms with Crippen molar-refractivity contribution >= 4 is 17.9 Å². The molecule has 2 unspecified atom stereocenters. The van der Waals surface area contributed by atoms with Gasteiger partial charge in [0.1, 0.15) is 6.04 Å². The molecule has 1 heterocycles. The number of aliphatic carboxylic acids is 1. The van der Waals surface area contributed by atoms with Crippen LogP contribution in [0.4, 0.5) is 4.79 Å². The molecule has 154 valence electrons. The van der Waals surface area contributed by atoms with E-state index in [9.17, 15) is 14.4 Å². The van der Waals surface area contributed by atoms with Crippen LogP contribution in [0.25, 0.3) is 0 Å². The van der Waals surface area contributed by atoms with E-state index >= 15 is 0 Å². The van der Waals surface area contributed by atoms with Crippen LogP contribution in [-0.4, -0.2) is 47.0 Å². The molecule has 0 spiro atoms. The Bertz CT molecular complexity index is 663. The molecule has 2 rings (SSSR count). The number of carbonyl (C=O) groups is 3. The molecule has 28 heavy (non-hydrogen) atoms. The summed E-state index contributed by atoms with van der Waals surface area (Å²) in [5.74, 6) is -0.743. The number of amides is 3. The molecular weight excluding hydrogens is 358 g/mol. The lowest BCUT2D eigenvalue weighted by molar-refractivity contribution is -0.137. The monoisotopic (exact) mass is 389 g/mol. The van der Waals surface area contributed by atoms with Crippen LogP contribution in [0, 0.1) is 11.8 Å². The number of likely N-dealkylation sites (tertiary alicyclic amines) is 1. The fourth-order valence-electron chi connectivity index (χ4n) is 3.51. The first-order chi connectivity index (χ1) is 13.4. The molecule has 1 aromatic carbocycles. The van der Waals surface area contributed by atoms with Gasteiger partial charge in [-0.25, -0.2) is 4.79 Å². The zero-order valence-corrected chi connectivity index (χ0v) is 16.7. The number of rotatable bonds is 8. The van der Waals surface area contributed by atoms with E-state index in [1.807, 2.05) is 44.2 Å². The van der Waals surface area contributed by atoms with Crippen molar-refractivity contribution in [1.29, 1.82) is 0 Å². The van der Waals surface area contributed by atoms with Gasteiger partial charge in [-0.2, -0.15) is 0 Å². The summed E-state index contributed by atoms with van der Waals surface area (Å²) in [6.45, 7) is 5.42. The van der Waals surface area contributed by atoms with Gasteiger partial charge in [0.05, 0.1) is 0 Å². The summed E-state index contributed by atoms with van der Waals surface area (Å²) in [6, 6.07) is 8.62. The molecule has 1 fully saturated rings. The van der Waals surface area contributed by atoms with Gasteiger partial charge < -0.3 is 20.6 Å². The Morgan fingerprint density at radius 3 is 2.57 bits per heavy atom. The normalized spacial score (nSPS) is 17.8. The number of nitrogens with zero attached hydrogens (tertiary/aromatic N) is 1. The van der Waals surface area contributed by atoms with Gasteiger partial charge in [0.25, 0.3) is 0 Å². The minimum atomic E-state index is -0.805. The number of urea groups is 1. The van der Waals surface area contributed by atoms with Crippen molar-refractivity contribution in [2.75, 3.05) is 13.1 Å². The number of benzene rings is 1. The molecule has 1 aliphatic rings. The Labute approximate surface area is 166 Å². The standard InChI is InChI=1S/C21H31N3O4/c1-15(2)19(23-21(28)22-13-16-7-4-3-5-8-16)20(27)24-12-6-9-17(14-24)10-11-18(25)26/h3-5,7-8,15,17,19H,6,9-14H2,1-2H3,(H,25,26)(H2,22,23,28). The van der Waals surface area contributed by atoms with Crippen molar-refractivity contribution in [3.05, 3.63) is 35.9 Å². The minimum absolute atomic E-state index is 0.0469. The Kier molecular flexibility index (Phi) is 8.29. The average molecular weight is 389 g/mol. The summed E-state index contributed by atoms with van der Waals surface area (Å²) in [4.78, 5) is 37.9. The number of hydrogen-bond acceptors (Lipinski definition) is 3. The molecule has 3 amide bonds. The smallest absolute Gasteiger partial charge is 0.315 e. The maximum Gasteiger partial charge on any atom is 0.315 e. The third kappa shape index (κ3) is 6.87. The Morgan fingerprint density at radius 1 is 1.21 bits per heavy atom. The Balaban J connectivity index is 1.89. The highest BCUT2D eigenvalue weighted by molar-refractivity contribution is 5.87. The first kappa shape index (κ1) is 21.7. The second-order valence-corrected chi connectivity index (χ2v) is 7.76. The summed E-state index contributed by atoms with van der Waals surface area (Å²) in [5.41, 5.74) is 0.988. The van der Waals surface area contributed by atoms with Gasteiger partial charge >= 0.3 is 12.0 Å². The van der Waals surface area contributed by atoms with Gasteiger partial charge in [-0.3, -0.25) is 9.59 Å². The lowest BCUT2D eigenvalue weighted by atomic mass is 9.92. The first-order valence-electron chi connectivity index (χ1n) is 9.95. The lowest BCUT2D eigenvalue weighted by Crippen LogP contribution is -2.55. The average Bonchev–Trinajstić information content (AvgIpc) is 2.69. The van der Waals surface area contributed by atoms with E-state index in [2.05, 4.69) is 10.6 Å². The van der Waals surface area contributed by atoms with E-state index < -0.39 is 12.0 Å². The van der Waals surface area contributed by atoms with Crippen LogP contribution in [0.3, 0.4) is 0 Å². The van der Waals surface area contributed by atoms with Gasteiger partial charge in [0.2, 0.25) is 5.91 Å². The summed E-state index contributed by atoms with van der Waals surface area (Å²) in [6.07, 6.45) is 2.51. The summed E-state index contributed by atoms with van der Waals surface area (Å²) in [7, 11) is 0. The number of carbonyl (C=O) groups excluding carboxylic acids is 2. The van der Waals surface area contributed by atoms with Gasteiger partial charge in [0.15, 0.2) is 0 Å². The van der Waals surface area contributed by atoms with Crippen molar-refractivity contribution in [1.82, 2.24) is 15.5 Å². The first-order valence-corrected chi connectivity index (χ1v) is 9.95. The van der Waals surface area contributed by atoms with Crippen LogP contribution < -0.4 is 10.6 Å². The van der Waals surface area contributed by atoms with Crippen molar-refractivity contribution in [3.8, 4) is 0 Å². The number of nitrogens with one attached hydrogen (secondary N) is 2. The highest BCUT2D eigenvalue weighted by Gasteiger charge is 2.31. The van der Waals surface area contributed by atoms with Crippen molar-refractivity contribution in [2.24, 2.45) is 11.8 Å². The molecule has 1 aliphatic heterocycles.